The van der Waals surface area contributed by atoms with Crippen molar-refractivity contribution in [1.82, 2.24) is 9.80 Å². The molecule has 0 saturated carbocycles. The van der Waals surface area contributed by atoms with Crippen LogP contribution < -0.4 is 10.5 Å². The molecule has 18 heavy (non-hydrogen) atoms. The van der Waals surface area contributed by atoms with E-state index in [1.165, 1.54) is 5.56 Å². The lowest BCUT2D eigenvalue weighted by molar-refractivity contribution is 0.0874. The molecule has 0 radical (unpaired) electrons. The molecule has 0 spiro atoms. The molecule has 0 aromatic heterocycles. The van der Waals surface area contributed by atoms with Crippen LogP contribution in [0.2, 0.25) is 0 Å². The maximum absolute atomic E-state index is 5.88. The van der Waals surface area contributed by atoms with Gasteiger partial charge in [0.25, 0.3) is 0 Å². The highest BCUT2D eigenvalue weighted by Gasteiger charge is 2.24. The Hall–Kier alpha value is -1.10. The Morgan fingerprint density at radius 1 is 1.33 bits per heavy atom. The zero-order chi connectivity index (χ0) is 13.0. The van der Waals surface area contributed by atoms with Gasteiger partial charge >= 0.3 is 0 Å². The molecule has 0 aliphatic carbocycles. The van der Waals surface area contributed by atoms with Gasteiger partial charge in [-0.3, -0.25) is 4.90 Å². The van der Waals surface area contributed by atoms with Crippen molar-refractivity contribution in [2.45, 2.75) is 12.6 Å². The van der Waals surface area contributed by atoms with Gasteiger partial charge in [-0.2, -0.15) is 0 Å². The molecule has 1 unspecified atom stereocenters. The molecule has 1 saturated heterocycles. The fraction of sp³-hybridized carbons (Fsp3) is 0.571. The number of methoxy groups -OCH3 is 1. The number of hydrogen-bond acceptors (Lipinski definition) is 4. The van der Waals surface area contributed by atoms with Crippen LogP contribution in [0, 0.1) is 0 Å². The first kappa shape index (κ1) is 13.3. The van der Waals surface area contributed by atoms with Gasteiger partial charge in [0.2, 0.25) is 0 Å². The number of likely N-dealkylation sites (N-methyl/N-ethyl adjacent to an activating group) is 1. The van der Waals surface area contributed by atoms with Gasteiger partial charge in [-0.1, -0.05) is 18.2 Å². The van der Waals surface area contributed by atoms with E-state index in [0.717, 1.165) is 31.9 Å². The Bertz CT molecular complexity index is 383. The molecule has 2 rings (SSSR count). The van der Waals surface area contributed by atoms with Gasteiger partial charge in [-0.15, -0.1) is 0 Å². The first-order valence-electron chi connectivity index (χ1n) is 6.49. The highest BCUT2D eigenvalue weighted by Crippen LogP contribution is 2.21. The molecule has 0 amide bonds. The van der Waals surface area contributed by atoms with E-state index in [-0.39, 0.29) is 0 Å². The standard InChI is InChI=1S/C14H23N3O/c1-16-7-8-17(13(9-15)11-16)10-12-5-3-4-6-14(12)18-2/h3-6,13H,7-11,15H2,1-2H3. The van der Waals surface area contributed by atoms with Crippen molar-refractivity contribution in [1.29, 1.82) is 0 Å². The summed E-state index contributed by atoms with van der Waals surface area (Å²) in [5, 5.41) is 0. The molecule has 4 nitrogen and oxygen atoms in total. The Balaban J connectivity index is 2.07. The first-order valence-corrected chi connectivity index (χ1v) is 6.49. The van der Waals surface area contributed by atoms with Crippen LogP contribution in [0.1, 0.15) is 5.56 Å². The normalized spacial score (nSPS) is 22.1. The van der Waals surface area contributed by atoms with Crippen molar-refractivity contribution in [2.24, 2.45) is 5.73 Å². The summed E-state index contributed by atoms with van der Waals surface area (Å²) in [5.74, 6) is 0.965. The average molecular weight is 249 g/mol. The predicted molar refractivity (Wildman–Crippen MR) is 73.7 cm³/mol. The van der Waals surface area contributed by atoms with Crippen LogP contribution in [0.3, 0.4) is 0 Å². The molecule has 1 fully saturated rings. The lowest BCUT2D eigenvalue weighted by Crippen LogP contribution is -2.54. The van der Waals surface area contributed by atoms with Gasteiger partial charge in [-0.05, 0) is 13.1 Å². The van der Waals surface area contributed by atoms with Crippen LogP contribution in [0.25, 0.3) is 0 Å². The number of hydrogen-bond donors (Lipinski definition) is 1. The van der Waals surface area contributed by atoms with Gasteiger partial charge in [0.05, 0.1) is 7.11 Å². The summed E-state index contributed by atoms with van der Waals surface area (Å²) < 4.78 is 5.41. The third kappa shape index (κ3) is 3.02. The molecule has 2 N–H and O–H groups in total. The van der Waals surface area contributed by atoms with Gasteiger partial charge in [0, 0.05) is 44.3 Å². The molecule has 100 valence electrons. The van der Waals surface area contributed by atoms with E-state index in [9.17, 15) is 0 Å². The van der Waals surface area contributed by atoms with Crippen molar-refractivity contribution >= 4 is 0 Å². The van der Waals surface area contributed by atoms with E-state index in [4.69, 9.17) is 10.5 Å². The van der Waals surface area contributed by atoms with E-state index >= 15 is 0 Å². The maximum atomic E-state index is 5.88. The summed E-state index contributed by atoms with van der Waals surface area (Å²) in [4.78, 5) is 4.80. The highest BCUT2D eigenvalue weighted by molar-refractivity contribution is 5.33. The number of nitrogens with two attached hydrogens (primary N) is 1. The zero-order valence-corrected chi connectivity index (χ0v) is 11.3. The van der Waals surface area contributed by atoms with Gasteiger partial charge in [0.15, 0.2) is 0 Å². The van der Waals surface area contributed by atoms with E-state index in [2.05, 4.69) is 29.0 Å². The molecule has 1 heterocycles. The molecule has 4 heteroatoms. The van der Waals surface area contributed by atoms with Crippen LogP contribution in [-0.4, -0.2) is 56.2 Å². The van der Waals surface area contributed by atoms with Crippen molar-refractivity contribution in [2.75, 3.05) is 40.3 Å². The second kappa shape index (κ2) is 6.18. The van der Waals surface area contributed by atoms with Crippen molar-refractivity contribution in [3.63, 3.8) is 0 Å². The van der Waals surface area contributed by atoms with E-state index in [0.29, 0.717) is 12.6 Å². The van der Waals surface area contributed by atoms with Crippen LogP contribution in [0.5, 0.6) is 5.75 Å². The minimum Gasteiger partial charge on any atom is -0.496 e. The molecule has 1 atom stereocenters. The average Bonchev–Trinajstić information content (AvgIpc) is 2.41. The monoisotopic (exact) mass is 249 g/mol. The Kier molecular flexibility index (Phi) is 4.58. The van der Waals surface area contributed by atoms with Gasteiger partial charge < -0.3 is 15.4 Å². The maximum Gasteiger partial charge on any atom is 0.123 e. The Morgan fingerprint density at radius 2 is 2.11 bits per heavy atom. The Labute approximate surface area is 109 Å². The molecule has 1 aliphatic rings. The van der Waals surface area contributed by atoms with E-state index < -0.39 is 0 Å². The van der Waals surface area contributed by atoms with Crippen LogP contribution in [0.4, 0.5) is 0 Å². The quantitative estimate of drug-likeness (QED) is 0.856. The number of rotatable bonds is 4. The summed E-state index contributed by atoms with van der Waals surface area (Å²) in [6, 6.07) is 8.65. The first-order chi connectivity index (χ1) is 8.74. The van der Waals surface area contributed by atoms with Crippen LogP contribution in [0.15, 0.2) is 24.3 Å². The molecule has 1 aliphatic heterocycles. The SMILES string of the molecule is COc1ccccc1CN1CCN(C)CC1CN. The summed E-state index contributed by atoms with van der Waals surface area (Å²) in [7, 11) is 3.88. The lowest BCUT2D eigenvalue weighted by atomic mass is 10.1. The minimum absolute atomic E-state index is 0.439. The molecular weight excluding hydrogens is 226 g/mol. The van der Waals surface area contributed by atoms with Crippen LogP contribution >= 0.6 is 0 Å². The molecular formula is C14H23N3O. The van der Waals surface area contributed by atoms with Crippen LogP contribution in [-0.2, 0) is 6.54 Å². The minimum atomic E-state index is 0.439. The van der Waals surface area contributed by atoms with Gasteiger partial charge in [0.1, 0.15) is 5.75 Å². The third-order valence-corrected chi connectivity index (χ3v) is 3.65. The van der Waals surface area contributed by atoms with Crippen molar-refractivity contribution in [3.05, 3.63) is 29.8 Å². The topological polar surface area (TPSA) is 41.7 Å². The fourth-order valence-corrected chi connectivity index (χ4v) is 2.53. The largest absolute Gasteiger partial charge is 0.496 e. The summed E-state index contributed by atoms with van der Waals surface area (Å²) in [6.45, 7) is 4.84. The zero-order valence-electron chi connectivity index (χ0n) is 11.3. The smallest absolute Gasteiger partial charge is 0.123 e. The number of ether oxygens (including phenoxy) is 1. The Morgan fingerprint density at radius 3 is 2.83 bits per heavy atom. The number of para-hydroxylation sites is 1. The number of benzene rings is 1. The third-order valence-electron chi connectivity index (χ3n) is 3.65. The van der Waals surface area contributed by atoms with Crippen molar-refractivity contribution in [3.8, 4) is 5.75 Å². The highest BCUT2D eigenvalue weighted by atomic mass is 16.5. The lowest BCUT2D eigenvalue weighted by Gasteiger charge is -2.39. The van der Waals surface area contributed by atoms with E-state index in [1.54, 1.807) is 7.11 Å². The van der Waals surface area contributed by atoms with E-state index in [1.807, 2.05) is 12.1 Å². The summed E-state index contributed by atoms with van der Waals surface area (Å²) in [5.41, 5.74) is 7.12. The summed E-state index contributed by atoms with van der Waals surface area (Å²) >= 11 is 0. The summed E-state index contributed by atoms with van der Waals surface area (Å²) in [6.07, 6.45) is 0. The second-order valence-electron chi connectivity index (χ2n) is 4.93. The van der Waals surface area contributed by atoms with Gasteiger partial charge in [-0.25, -0.2) is 0 Å². The van der Waals surface area contributed by atoms with Crippen molar-refractivity contribution < 1.29 is 4.74 Å². The number of piperazine rings is 1. The molecule has 1 aromatic carbocycles. The molecule has 1 aromatic rings. The molecule has 0 bridgehead atoms. The fourth-order valence-electron chi connectivity index (χ4n) is 2.53. The predicted octanol–water partition coefficient (Wildman–Crippen LogP) is 0.770. The number of nitrogens with zero attached hydrogens (tertiary/aromatic N) is 2. The second-order valence-corrected chi connectivity index (χ2v) is 4.93.